The molecule has 5 aromatic rings. The minimum absolute atomic E-state index is 0.0223. The molecule has 1 atom stereocenters. The second-order valence-electron chi connectivity index (χ2n) is 15.3. The molecule has 3 fully saturated rings. The summed E-state index contributed by atoms with van der Waals surface area (Å²) >= 11 is 7.28. The van der Waals surface area contributed by atoms with Gasteiger partial charge in [-0.05, 0) is 90.5 Å². The number of halogens is 1. The third-order valence-corrected chi connectivity index (χ3v) is 10.9. The quantitative estimate of drug-likeness (QED) is 0.198. The molecule has 1 saturated carbocycles. The highest BCUT2D eigenvalue weighted by Crippen LogP contribution is 2.56. The van der Waals surface area contributed by atoms with E-state index in [4.69, 9.17) is 31.3 Å². The van der Waals surface area contributed by atoms with Crippen LogP contribution in [0.4, 0.5) is 4.79 Å². The van der Waals surface area contributed by atoms with E-state index in [1.165, 1.54) is 0 Å². The summed E-state index contributed by atoms with van der Waals surface area (Å²) < 4.78 is 17.8. The molecule has 3 aromatic heterocycles. The molecule has 49 heavy (non-hydrogen) atoms. The molecule has 12 heteroatoms. The van der Waals surface area contributed by atoms with Crippen molar-refractivity contribution in [1.82, 2.24) is 34.2 Å². The van der Waals surface area contributed by atoms with E-state index in [-0.39, 0.29) is 30.4 Å². The van der Waals surface area contributed by atoms with E-state index < -0.39 is 5.60 Å². The van der Waals surface area contributed by atoms with Crippen LogP contribution in [0.5, 0.6) is 0 Å². The predicted molar refractivity (Wildman–Crippen MR) is 189 cm³/mol. The molecule has 11 nitrogen and oxygen atoms in total. The summed E-state index contributed by atoms with van der Waals surface area (Å²) in [5.74, 6) is 0. The van der Waals surface area contributed by atoms with Gasteiger partial charge in [-0.2, -0.15) is 15.3 Å². The summed E-state index contributed by atoms with van der Waals surface area (Å²) in [6.07, 6.45) is 8.53. The van der Waals surface area contributed by atoms with Crippen molar-refractivity contribution >= 4 is 39.5 Å². The number of hydrogen-bond acceptors (Lipinski definition) is 7. The number of nitrogens with zero attached hydrogens (tertiary/aromatic N) is 7. The number of rotatable bonds is 6. The van der Waals surface area contributed by atoms with Gasteiger partial charge in [0.05, 0.1) is 41.4 Å². The number of benzene rings is 2. The summed E-state index contributed by atoms with van der Waals surface area (Å²) in [6, 6.07) is 8.53. The second kappa shape index (κ2) is 11.8. The minimum Gasteiger partial charge on any atom is -0.444 e. The molecule has 0 radical (unpaired) electrons. The molecule has 1 spiro atoms. The molecule has 2 saturated heterocycles. The lowest BCUT2D eigenvalue weighted by molar-refractivity contribution is -0.0930. The van der Waals surface area contributed by atoms with Crippen molar-refractivity contribution in [2.24, 2.45) is 5.41 Å². The number of ether oxygens (including phenoxy) is 2. The van der Waals surface area contributed by atoms with Gasteiger partial charge >= 0.3 is 6.09 Å². The van der Waals surface area contributed by atoms with Crippen LogP contribution in [0.15, 0.2) is 36.7 Å². The normalized spacial score (nSPS) is 19.5. The topological polar surface area (TPSA) is 112 Å². The van der Waals surface area contributed by atoms with Gasteiger partial charge in [0.25, 0.3) is 0 Å². The molecule has 3 aliphatic rings. The van der Waals surface area contributed by atoms with Gasteiger partial charge in [-0.25, -0.2) is 9.48 Å². The van der Waals surface area contributed by atoms with E-state index >= 15 is 0 Å². The van der Waals surface area contributed by atoms with Crippen LogP contribution < -0.4 is 0 Å². The number of fused-ring (bicyclic) bond motifs is 2. The second-order valence-corrected chi connectivity index (χ2v) is 15.6. The molecule has 2 aliphatic heterocycles. The summed E-state index contributed by atoms with van der Waals surface area (Å²) in [6.45, 7) is 12.5. The van der Waals surface area contributed by atoms with Gasteiger partial charge in [0.1, 0.15) is 11.3 Å². The van der Waals surface area contributed by atoms with Gasteiger partial charge in [0.15, 0.2) is 6.23 Å². The fourth-order valence-corrected chi connectivity index (χ4v) is 8.34. The molecular formula is C37H44ClN7O4. The van der Waals surface area contributed by atoms with E-state index in [0.717, 1.165) is 94.2 Å². The highest BCUT2D eigenvalue weighted by atomic mass is 35.5. The molecule has 1 N–H and O–H groups in total. The first kappa shape index (κ1) is 32.3. The molecule has 1 amide bonds. The number of carbonyl (C=O) groups excluding carboxylic acids is 1. The van der Waals surface area contributed by atoms with Gasteiger partial charge in [-0.15, -0.1) is 0 Å². The molecule has 258 valence electrons. The van der Waals surface area contributed by atoms with Crippen molar-refractivity contribution in [3.63, 3.8) is 0 Å². The number of amides is 1. The molecule has 1 aliphatic carbocycles. The zero-order valence-electron chi connectivity index (χ0n) is 28.9. The van der Waals surface area contributed by atoms with Crippen molar-refractivity contribution in [1.29, 1.82) is 0 Å². The fourth-order valence-electron chi connectivity index (χ4n) is 8.09. The Balaban J connectivity index is 1.20. The Labute approximate surface area is 290 Å². The summed E-state index contributed by atoms with van der Waals surface area (Å²) in [4.78, 5) is 14.5. The largest absolute Gasteiger partial charge is 0.444 e. The Morgan fingerprint density at radius 2 is 1.90 bits per heavy atom. The molecule has 2 aromatic carbocycles. The van der Waals surface area contributed by atoms with Crippen molar-refractivity contribution < 1.29 is 19.4 Å². The van der Waals surface area contributed by atoms with Gasteiger partial charge in [-0.3, -0.25) is 9.36 Å². The summed E-state index contributed by atoms with van der Waals surface area (Å²) in [5.41, 5.74) is 7.22. The van der Waals surface area contributed by atoms with Gasteiger partial charge in [-0.1, -0.05) is 17.7 Å². The van der Waals surface area contributed by atoms with Gasteiger partial charge in [0, 0.05) is 64.5 Å². The zero-order chi connectivity index (χ0) is 34.2. The van der Waals surface area contributed by atoms with Crippen LogP contribution in [-0.2, 0) is 16.0 Å². The van der Waals surface area contributed by atoms with E-state index in [1.807, 2.05) is 55.7 Å². The van der Waals surface area contributed by atoms with Crippen LogP contribution in [-0.4, -0.2) is 77.3 Å². The maximum absolute atomic E-state index is 12.7. The molecule has 8 rings (SSSR count). The van der Waals surface area contributed by atoms with E-state index in [2.05, 4.69) is 34.9 Å². The van der Waals surface area contributed by atoms with Gasteiger partial charge < -0.3 is 19.5 Å². The summed E-state index contributed by atoms with van der Waals surface area (Å²) in [5, 5.41) is 27.0. The van der Waals surface area contributed by atoms with Crippen LogP contribution in [0.3, 0.4) is 0 Å². The van der Waals surface area contributed by atoms with Crippen LogP contribution in [0.25, 0.3) is 44.2 Å². The smallest absolute Gasteiger partial charge is 0.410 e. The number of likely N-dealkylation sites (tertiary alicyclic amines) is 1. The Morgan fingerprint density at radius 3 is 2.61 bits per heavy atom. The van der Waals surface area contributed by atoms with Crippen LogP contribution in [0.2, 0.25) is 5.02 Å². The lowest BCUT2D eigenvalue weighted by Gasteiger charge is -2.58. The van der Waals surface area contributed by atoms with E-state index in [1.54, 1.807) is 4.68 Å². The number of aryl methyl sites for hydroxylation is 1. The van der Waals surface area contributed by atoms with Crippen molar-refractivity contribution in [3.05, 3.63) is 52.9 Å². The van der Waals surface area contributed by atoms with Crippen LogP contribution >= 0.6 is 11.6 Å². The minimum atomic E-state index is -0.510. The zero-order valence-corrected chi connectivity index (χ0v) is 29.6. The molecule has 1 unspecified atom stereocenters. The third kappa shape index (κ3) is 5.60. The average molecular weight is 686 g/mol. The van der Waals surface area contributed by atoms with E-state index in [0.29, 0.717) is 24.7 Å². The Morgan fingerprint density at radius 1 is 1.10 bits per heavy atom. The maximum Gasteiger partial charge on any atom is 0.410 e. The Hall–Kier alpha value is -3.93. The first-order valence-electron chi connectivity index (χ1n) is 17.4. The number of aliphatic hydroxyl groups excluding tert-OH is 1. The average Bonchev–Trinajstić information content (AvgIpc) is 3.71. The lowest BCUT2D eigenvalue weighted by atomic mass is 9.61. The molecule has 0 bridgehead atoms. The number of carbonyl (C=O) groups is 1. The van der Waals surface area contributed by atoms with Crippen LogP contribution in [0, 0.1) is 19.3 Å². The van der Waals surface area contributed by atoms with Crippen molar-refractivity contribution in [2.75, 3.05) is 26.3 Å². The first-order valence-corrected chi connectivity index (χ1v) is 17.8. The maximum atomic E-state index is 12.7. The summed E-state index contributed by atoms with van der Waals surface area (Å²) in [7, 11) is 0. The third-order valence-electron chi connectivity index (χ3n) is 10.4. The SMILES string of the molecule is Cc1cc2c(cnn2C2CCCCO2)c(-c2c(-c3ccc4nn(CCO)cc4c3)nn(C3CC4(C3)CN(C(=O)OC(C)(C)C)C4)c2C)c1Cl. The Bertz CT molecular complexity index is 2070. The standard InChI is InChI=1S/C37H44ClN7O4/c1-22-14-29-27(18-39-45(29)30-8-6-7-13-48-30)32(33(22)38)31-23(2)44(26-16-37(17-26)20-42(21-37)35(47)49-36(3,4)5)41-34(31)24-9-10-28-25(15-24)19-43(40-28)11-12-46/h9-10,14-15,18-19,26,30,46H,6-8,11-13,16-17,20-21H2,1-5H3. The van der Waals surface area contributed by atoms with Crippen molar-refractivity contribution in [2.45, 2.75) is 91.1 Å². The van der Waals surface area contributed by atoms with E-state index in [9.17, 15) is 9.90 Å². The number of hydrogen-bond donors (Lipinski definition) is 1. The first-order chi connectivity index (χ1) is 23.4. The molecular weight excluding hydrogens is 642 g/mol. The predicted octanol–water partition coefficient (Wildman–Crippen LogP) is 7.45. The van der Waals surface area contributed by atoms with Gasteiger partial charge in [0.2, 0.25) is 0 Å². The fraction of sp³-hybridized carbons (Fsp3) is 0.514. The Kier molecular flexibility index (Phi) is 7.81. The monoisotopic (exact) mass is 685 g/mol. The van der Waals surface area contributed by atoms with Crippen molar-refractivity contribution in [3.8, 4) is 22.4 Å². The highest BCUT2D eigenvalue weighted by molar-refractivity contribution is 6.36. The lowest BCUT2D eigenvalue weighted by Crippen LogP contribution is -2.64. The number of aromatic nitrogens is 6. The number of aliphatic hydroxyl groups is 1. The van der Waals surface area contributed by atoms with Crippen LogP contribution in [0.1, 0.15) is 76.4 Å². The molecule has 5 heterocycles. The highest BCUT2D eigenvalue weighted by Gasteiger charge is 2.55.